The van der Waals surface area contributed by atoms with Crippen LogP contribution in [0.3, 0.4) is 0 Å². The van der Waals surface area contributed by atoms with E-state index in [4.69, 9.17) is 4.74 Å². The third-order valence-corrected chi connectivity index (χ3v) is 6.53. The Balaban J connectivity index is 1.91. The number of hydrogen-bond acceptors (Lipinski definition) is 4. The number of benzene rings is 2. The molecule has 0 bridgehead atoms. The van der Waals surface area contributed by atoms with E-state index in [0.29, 0.717) is 12.3 Å². The highest BCUT2D eigenvalue weighted by molar-refractivity contribution is 7.89. The summed E-state index contributed by atoms with van der Waals surface area (Å²) in [5, 5.41) is 2.95. The monoisotopic (exact) mass is 432 g/mol. The van der Waals surface area contributed by atoms with Crippen molar-refractivity contribution in [3.63, 3.8) is 0 Å². The summed E-state index contributed by atoms with van der Waals surface area (Å²) in [6.45, 7) is 10.4. The van der Waals surface area contributed by atoms with Crippen LogP contribution in [-0.4, -0.2) is 27.5 Å². The van der Waals surface area contributed by atoms with Gasteiger partial charge in [-0.25, -0.2) is 13.1 Å². The van der Waals surface area contributed by atoms with Crippen LogP contribution in [-0.2, 0) is 14.8 Å². The van der Waals surface area contributed by atoms with Gasteiger partial charge < -0.3 is 10.1 Å². The number of carbonyl (C=O) groups is 1. The van der Waals surface area contributed by atoms with E-state index in [1.54, 1.807) is 12.1 Å². The van der Waals surface area contributed by atoms with E-state index in [1.807, 2.05) is 20.8 Å². The zero-order chi connectivity index (χ0) is 22.3. The Morgan fingerprint density at radius 1 is 1.03 bits per heavy atom. The number of ether oxygens (including phenoxy) is 1. The predicted octanol–water partition coefficient (Wildman–Crippen LogP) is 3.95. The van der Waals surface area contributed by atoms with E-state index >= 15 is 0 Å². The van der Waals surface area contributed by atoms with Crippen molar-refractivity contribution in [2.45, 2.75) is 58.4 Å². The van der Waals surface area contributed by atoms with Crippen molar-refractivity contribution in [3.05, 3.63) is 58.7 Å². The first-order chi connectivity index (χ1) is 14.1. The Morgan fingerprint density at radius 2 is 1.67 bits per heavy atom. The largest absolute Gasteiger partial charge is 0.484 e. The van der Waals surface area contributed by atoms with Crippen LogP contribution in [0.25, 0.3) is 0 Å². The second-order valence-corrected chi connectivity index (χ2v) is 9.36. The van der Waals surface area contributed by atoms with Crippen LogP contribution in [0.15, 0.2) is 41.3 Å². The molecule has 164 valence electrons. The molecule has 30 heavy (non-hydrogen) atoms. The number of rotatable bonds is 10. The van der Waals surface area contributed by atoms with E-state index in [-0.39, 0.29) is 23.5 Å². The van der Waals surface area contributed by atoms with Crippen LogP contribution in [0.2, 0.25) is 0 Å². The summed E-state index contributed by atoms with van der Waals surface area (Å²) in [4.78, 5) is 12.5. The Hall–Kier alpha value is -2.38. The third-order valence-electron chi connectivity index (χ3n) is 5.05. The molecule has 2 N–H and O–H groups in total. The Bertz CT molecular complexity index is 969. The lowest BCUT2D eigenvalue weighted by atomic mass is 9.96. The van der Waals surface area contributed by atoms with Gasteiger partial charge in [0.15, 0.2) is 6.61 Å². The molecular weight excluding hydrogens is 400 g/mol. The Labute approximate surface area is 180 Å². The number of hydrogen-bond donors (Lipinski definition) is 2. The first-order valence-electron chi connectivity index (χ1n) is 10.2. The molecule has 2 aromatic rings. The summed E-state index contributed by atoms with van der Waals surface area (Å²) >= 11 is 0. The lowest BCUT2D eigenvalue weighted by molar-refractivity contribution is -0.123. The van der Waals surface area contributed by atoms with Gasteiger partial charge in [0.2, 0.25) is 10.0 Å². The fourth-order valence-corrected chi connectivity index (χ4v) is 4.21. The van der Waals surface area contributed by atoms with E-state index < -0.39 is 10.0 Å². The number of carbonyl (C=O) groups excluding carboxylic acids is 1. The molecule has 2 rings (SSSR count). The Morgan fingerprint density at radius 3 is 2.30 bits per heavy atom. The second-order valence-electron chi connectivity index (χ2n) is 7.59. The van der Waals surface area contributed by atoms with Gasteiger partial charge in [0.1, 0.15) is 5.75 Å². The average Bonchev–Trinajstić information content (AvgIpc) is 2.69. The number of unbranched alkanes of at least 4 members (excludes halogenated alkanes) is 1. The van der Waals surface area contributed by atoms with Gasteiger partial charge in [-0.1, -0.05) is 25.5 Å². The fourth-order valence-electron chi connectivity index (χ4n) is 3.14. The Kier molecular flexibility index (Phi) is 8.43. The molecule has 0 heterocycles. The van der Waals surface area contributed by atoms with Crippen molar-refractivity contribution < 1.29 is 17.9 Å². The predicted molar refractivity (Wildman–Crippen MR) is 119 cm³/mol. The van der Waals surface area contributed by atoms with Gasteiger partial charge in [0.25, 0.3) is 5.91 Å². The molecule has 0 saturated carbocycles. The highest BCUT2D eigenvalue weighted by Gasteiger charge is 2.15. The summed E-state index contributed by atoms with van der Waals surface area (Å²) in [6, 6.07) is 10.1. The van der Waals surface area contributed by atoms with Crippen LogP contribution in [0.4, 0.5) is 0 Å². The van der Waals surface area contributed by atoms with Crippen LogP contribution in [0.5, 0.6) is 5.75 Å². The summed E-state index contributed by atoms with van der Waals surface area (Å²) in [6.07, 6.45) is 1.70. The third kappa shape index (κ3) is 6.57. The van der Waals surface area contributed by atoms with Gasteiger partial charge >= 0.3 is 0 Å². The molecule has 0 radical (unpaired) electrons. The number of amides is 1. The van der Waals surface area contributed by atoms with Crippen molar-refractivity contribution in [3.8, 4) is 5.75 Å². The fraction of sp³-hybridized carbons (Fsp3) is 0.435. The molecule has 0 aliphatic heterocycles. The van der Waals surface area contributed by atoms with Crippen molar-refractivity contribution in [1.29, 1.82) is 0 Å². The molecule has 0 aromatic heterocycles. The molecule has 6 nitrogen and oxygen atoms in total. The molecule has 0 spiro atoms. The summed E-state index contributed by atoms with van der Waals surface area (Å²) in [5.74, 6) is 0.200. The molecule has 0 unspecified atom stereocenters. The lowest BCUT2D eigenvalue weighted by Gasteiger charge is -2.18. The second kappa shape index (κ2) is 10.6. The first kappa shape index (κ1) is 23.9. The van der Waals surface area contributed by atoms with Gasteiger partial charge in [-0.2, -0.15) is 0 Å². The van der Waals surface area contributed by atoms with Crippen LogP contribution in [0, 0.1) is 20.8 Å². The van der Waals surface area contributed by atoms with E-state index in [9.17, 15) is 13.2 Å². The zero-order valence-electron chi connectivity index (χ0n) is 18.4. The van der Waals surface area contributed by atoms with Crippen molar-refractivity contribution in [2.24, 2.45) is 0 Å². The minimum absolute atomic E-state index is 0.137. The summed E-state index contributed by atoms with van der Waals surface area (Å²) < 4.78 is 32.5. The van der Waals surface area contributed by atoms with Gasteiger partial charge in [-0.15, -0.1) is 0 Å². The molecule has 0 aliphatic rings. The van der Waals surface area contributed by atoms with E-state index in [2.05, 4.69) is 36.0 Å². The summed E-state index contributed by atoms with van der Waals surface area (Å²) in [5.41, 5.74) is 4.63. The number of aryl methyl sites for hydroxylation is 3. The van der Waals surface area contributed by atoms with E-state index in [0.717, 1.165) is 24.0 Å². The minimum atomic E-state index is -3.52. The standard InChI is InChI=1S/C23H32N2O4S/c1-6-7-12-24-30(27,28)21-10-8-20(9-11-21)29-15-23(26)25-19(5)22-14-17(3)16(2)13-18(22)4/h8-11,13-14,19,24H,6-7,12,15H2,1-5H3,(H,25,26)/t19-/m1/s1. The maximum absolute atomic E-state index is 12.3. The number of nitrogens with one attached hydrogen (secondary N) is 2. The first-order valence-corrected chi connectivity index (χ1v) is 11.7. The quantitative estimate of drug-likeness (QED) is 0.557. The summed E-state index contributed by atoms with van der Waals surface area (Å²) in [7, 11) is -3.52. The molecule has 0 aliphatic carbocycles. The molecule has 1 amide bonds. The lowest BCUT2D eigenvalue weighted by Crippen LogP contribution is -2.31. The van der Waals surface area contributed by atoms with Gasteiger partial charge in [0, 0.05) is 6.54 Å². The molecular formula is C23H32N2O4S. The highest BCUT2D eigenvalue weighted by Crippen LogP contribution is 2.22. The molecule has 2 aromatic carbocycles. The van der Waals surface area contributed by atoms with Crippen LogP contribution in [0.1, 0.15) is 55.0 Å². The molecule has 7 heteroatoms. The van der Waals surface area contributed by atoms with Crippen LogP contribution >= 0.6 is 0 Å². The van der Waals surface area contributed by atoms with Gasteiger partial charge in [-0.3, -0.25) is 4.79 Å². The zero-order valence-corrected chi connectivity index (χ0v) is 19.2. The van der Waals surface area contributed by atoms with Crippen molar-refractivity contribution in [2.75, 3.05) is 13.2 Å². The average molecular weight is 433 g/mol. The van der Waals surface area contributed by atoms with Gasteiger partial charge in [0.05, 0.1) is 10.9 Å². The topological polar surface area (TPSA) is 84.5 Å². The van der Waals surface area contributed by atoms with Crippen molar-refractivity contribution in [1.82, 2.24) is 10.0 Å². The highest BCUT2D eigenvalue weighted by atomic mass is 32.2. The van der Waals surface area contributed by atoms with Crippen LogP contribution < -0.4 is 14.8 Å². The van der Waals surface area contributed by atoms with Gasteiger partial charge in [-0.05, 0) is 80.6 Å². The molecule has 0 saturated heterocycles. The van der Waals surface area contributed by atoms with E-state index in [1.165, 1.54) is 23.3 Å². The van der Waals surface area contributed by atoms with Crippen molar-refractivity contribution >= 4 is 15.9 Å². The minimum Gasteiger partial charge on any atom is -0.484 e. The molecule has 1 atom stereocenters. The normalized spacial score (nSPS) is 12.4. The maximum atomic E-state index is 12.3. The maximum Gasteiger partial charge on any atom is 0.258 e. The smallest absolute Gasteiger partial charge is 0.258 e. The molecule has 0 fully saturated rings. The SMILES string of the molecule is CCCCNS(=O)(=O)c1ccc(OCC(=O)N[C@H](C)c2cc(C)c(C)cc2C)cc1. The number of sulfonamides is 1.